The average Bonchev–Trinajstić information content (AvgIpc) is 2.56. The van der Waals surface area contributed by atoms with Crippen LogP contribution in [-0.4, -0.2) is 10.5 Å². The fourth-order valence-corrected chi connectivity index (χ4v) is 2.43. The molecule has 0 saturated heterocycles. The van der Waals surface area contributed by atoms with E-state index in [2.05, 4.69) is 21.2 Å². The average molecular weight is 308 g/mol. The summed E-state index contributed by atoms with van der Waals surface area (Å²) in [6.07, 6.45) is 1.71. The molecule has 1 amide bonds. The molecule has 94 valence electrons. The number of aromatic nitrogens is 1. The molecule has 18 heavy (non-hydrogen) atoms. The molecule has 0 aliphatic carbocycles. The molecule has 0 aliphatic rings. The van der Waals surface area contributed by atoms with Gasteiger partial charge in [0.25, 0.3) is 5.91 Å². The van der Waals surface area contributed by atoms with Crippen molar-refractivity contribution in [3.05, 3.63) is 46.2 Å². The van der Waals surface area contributed by atoms with Crippen LogP contribution in [-0.2, 0) is 7.05 Å². The second-order valence-electron chi connectivity index (χ2n) is 4.24. The highest BCUT2D eigenvalue weighted by Crippen LogP contribution is 2.20. The van der Waals surface area contributed by atoms with Gasteiger partial charge in [0.2, 0.25) is 0 Å². The van der Waals surface area contributed by atoms with Crippen LogP contribution < -0.4 is 11.1 Å². The lowest BCUT2D eigenvalue weighted by molar-refractivity contribution is 0.101. The lowest BCUT2D eigenvalue weighted by atomic mass is 10.2. The zero-order valence-corrected chi connectivity index (χ0v) is 11.8. The lowest BCUT2D eigenvalue weighted by Gasteiger charge is -2.07. The van der Waals surface area contributed by atoms with Gasteiger partial charge in [0.1, 0.15) is 5.69 Å². The molecule has 0 saturated carbocycles. The van der Waals surface area contributed by atoms with Crippen LogP contribution in [0.2, 0.25) is 0 Å². The monoisotopic (exact) mass is 307 g/mol. The number of nitrogens with one attached hydrogen (secondary N) is 1. The third-order valence-electron chi connectivity index (χ3n) is 2.56. The lowest BCUT2D eigenvalue weighted by Crippen LogP contribution is -2.15. The first-order valence-electron chi connectivity index (χ1n) is 5.46. The molecular formula is C13H14BrN3O. The van der Waals surface area contributed by atoms with Gasteiger partial charge in [-0.05, 0) is 36.8 Å². The number of amides is 1. The molecule has 2 aromatic rings. The largest absolute Gasteiger partial charge is 0.397 e. The van der Waals surface area contributed by atoms with Crippen LogP contribution in [0, 0.1) is 6.92 Å². The number of hydrogen-bond donors (Lipinski definition) is 2. The molecular weight excluding hydrogens is 294 g/mol. The fraction of sp³-hybridized carbons (Fsp3) is 0.154. The Labute approximate surface area is 114 Å². The Morgan fingerprint density at radius 3 is 2.61 bits per heavy atom. The number of aryl methyl sites for hydroxylation is 2. The summed E-state index contributed by atoms with van der Waals surface area (Å²) in [6.45, 7) is 1.97. The number of carbonyl (C=O) groups is 1. The molecule has 1 heterocycles. The predicted octanol–water partition coefficient (Wildman–Crippen LogP) is 2.93. The van der Waals surface area contributed by atoms with Crippen molar-refractivity contribution >= 4 is 33.2 Å². The minimum Gasteiger partial charge on any atom is -0.397 e. The van der Waals surface area contributed by atoms with Crippen molar-refractivity contribution in [2.45, 2.75) is 6.92 Å². The van der Waals surface area contributed by atoms with Crippen molar-refractivity contribution in [1.29, 1.82) is 0 Å². The van der Waals surface area contributed by atoms with E-state index in [9.17, 15) is 4.79 Å². The van der Waals surface area contributed by atoms with Crippen LogP contribution in [0.1, 0.15) is 16.1 Å². The maximum Gasteiger partial charge on any atom is 0.272 e. The third kappa shape index (κ3) is 2.73. The molecule has 3 N–H and O–H groups in total. The summed E-state index contributed by atoms with van der Waals surface area (Å²) in [5, 5.41) is 2.85. The van der Waals surface area contributed by atoms with E-state index in [1.807, 2.05) is 25.1 Å². The Kier molecular flexibility index (Phi) is 3.43. The zero-order valence-electron chi connectivity index (χ0n) is 10.2. The Morgan fingerprint density at radius 2 is 2.06 bits per heavy atom. The minimum absolute atomic E-state index is 0.174. The van der Waals surface area contributed by atoms with E-state index >= 15 is 0 Å². The first-order valence-corrected chi connectivity index (χ1v) is 6.25. The van der Waals surface area contributed by atoms with Crippen molar-refractivity contribution in [1.82, 2.24) is 4.57 Å². The SMILES string of the molecule is Cc1cc(Br)cc(NC(=O)c2cc(N)cn2C)c1. The summed E-state index contributed by atoms with van der Waals surface area (Å²) in [7, 11) is 1.79. The van der Waals surface area contributed by atoms with E-state index in [0.29, 0.717) is 11.4 Å². The van der Waals surface area contributed by atoms with Crippen LogP contribution in [0.4, 0.5) is 11.4 Å². The number of benzene rings is 1. The van der Waals surface area contributed by atoms with Gasteiger partial charge in [0.15, 0.2) is 0 Å². The van der Waals surface area contributed by atoms with E-state index in [-0.39, 0.29) is 5.91 Å². The van der Waals surface area contributed by atoms with Crippen molar-refractivity contribution < 1.29 is 4.79 Å². The Morgan fingerprint density at radius 1 is 1.33 bits per heavy atom. The predicted molar refractivity (Wildman–Crippen MR) is 76.7 cm³/mol. The highest BCUT2D eigenvalue weighted by Gasteiger charge is 2.11. The minimum atomic E-state index is -0.174. The van der Waals surface area contributed by atoms with Gasteiger partial charge in [-0.15, -0.1) is 0 Å². The topological polar surface area (TPSA) is 60.1 Å². The Hall–Kier alpha value is -1.75. The molecule has 0 radical (unpaired) electrons. The number of nitrogens with zero attached hydrogens (tertiary/aromatic N) is 1. The van der Waals surface area contributed by atoms with Crippen LogP contribution in [0.15, 0.2) is 34.9 Å². The van der Waals surface area contributed by atoms with E-state index in [1.54, 1.807) is 23.9 Å². The summed E-state index contributed by atoms with van der Waals surface area (Å²) in [6, 6.07) is 7.41. The number of rotatable bonds is 2. The second-order valence-corrected chi connectivity index (χ2v) is 5.16. The quantitative estimate of drug-likeness (QED) is 0.896. The number of nitrogens with two attached hydrogens (primary N) is 1. The smallest absolute Gasteiger partial charge is 0.272 e. The Bertz CT molecular complexity index is 584. The summed E-state index contributed by atoms with van der Waals surface area (Å²) in [5.74, 6) is -0.174. The van der Waals surface area contributed by atoms with Crippen molar-refractivity contribution in [2.24, 2.45) is 7.05 Å². The normalized spacial score (nSPS) is 10.4. The molecule has 2 rings (SSSR count). The van der Waals surface area contributed by atoms with Crippen LogP contribution in [0.25, 0.3) is 0 Å². The van der Waals surface area contributed by atoms with E-state index in [4.69, 9.17) is 5.73 Å². The molecule has 0 spiro atoms. The maximum absolute atomic E-state index is 12.1. The second kappa shape index (κ2) is 4.86. The van der Waals surface area contributed by atoms with E-state index in [1.165, 1.54) is 0 Å². The molecule has 1 aromatic carbocycles. The molecule has 0 bridgehead atoms. The molecule has 1 aromatic heterocycles. The number of carbonyl (C=O) groups excluding carboxylic acids is 1. The molecule has 0 aliphatic heterocycles. The first kappa shape index (κ1) is 12.7. The van der Waals surface area contributed by atoms with Gasteiger partial charge in [-0.1, -0.05) is 15.9 Å². The molecule has 0 atom stereocenters. The Balaban J connectivity index is 2.23. The van der Waals surface area contributed by atoms with Crippen molar-refractivity contribution in [3.8, 4) is 0 Å². The summed E-state index contributed by atoms with van der Waals surface area (Å²) < 4.78 is 2.64. The fourth-order valence-electron chi connectivity index (χ4n) is 1.82. The van der Waals surface area contributed by atoms with Gasteiger partial charge >= 0.3 is 0 Å². The van der Waals surface area contributed by atoms with Crippen LogP contribution in [0.3, 0.4) is 0 Å². The number of hydrogen-bond acceptors (Lipinski definition) is 2. The standard InChI is InChI=1S/C13H14BrN3O/c1-8-3-9(14)5-11(4-8)16-13(18)12-6-10(15)7-17(12)2/h3-7H,15H2,1-2H3,(H,16,18). The molecule has 4 nitrogen and oxygen atoms in total. The molecule has 0 unspecified atom stereocenters. The van der Waals surface area contributed by atoms with Gasteiger partial charge in [0, 0.05) is 23.4 Å². The summed E-state index contributed by atoms with van der Waals surface area (Å²) >= 11 is 3.40. The maximum atomic E-state index is 12.1. The van der Waals surface area contributed by atoms with E-state index < -0.39 is 0 Å². The number of halogens is 1. The van der Waals surface area contributed by atoms with E-state index in [0.717, 1.165) is 15.7 Å². The summed E-state index contributed by atoms with van der Waals surface area (Å²) in [5.41, 5.74) is 8.59. The highest BCUT2D eigenvalue weighted by molar-refractivity contribution is 9.10. The van der Waals surface area contributed by atoms with Crippen molar-refractivity contribution in [3.63, 3.8) is 0 Å². The van der Waals surface area contributed by atoms with Crippen LogP contribution >= 0.6 is 15.9 Å². The highest BCUT2D eigenvalue weighted by atomic mass is 79.9. The van der Waals surface area contributed by atoms with Gasteiger partial charge in [-0.25, -0.2) is 0 Å². The molecule has 5 heteroatoms. The van der Waals surface area contributed by atoms with Gasteiger partial charge in [-0.3, -0.25) is 4.79 Å². The number of anilines is 2. The third-order valence-corrected chi connectivity index (χ3v) is 3.02. The zero-order chi connectivity index (χ0) is 13.3. The first-order chi connectivity index (χ1) is 8.45. The van der Waals surface area contributed by atoms with Gasteiger partial charge in [-0.2, -0.15) is 0 Å². The van der Waals surface area contributed by atoms with Gasteiger partial charge < -0.3 is 15.6 Å². The number of nitrogen functional groups attached to an aromatic ring is 1. The molecule has 0 fully saturated rings. The summed E-state index contributed by atoms with van der Waals surface area (Å²) in [4.78, 5) is 12.1. The van der Waals surface area contributed by atoms with Crippen molar-refractivity contribution in [2.75, 3.05) is 11.1 Å². The van der Waals surface area contributed by atoms with Crippen LogP contribution in [0.5, 0.6) is 0 Å². The van der Waals surface area contributed by atoms with Gasteiger partial charge in [0.05, 0.1) is 5.69 Å².